The fraction of sp³-hybridized carbons (Fsp3) is 0.438. The maximum Gasteiger partial charge on any atom is 0.0665 e. The molecule has 0 amide bonds. The number of hydrogen-bond acceptors (Lipinski definition) is 2. The molecule has 2 aromatic rings. The van der Waals surface area contributed by atoms with Crippen LogP contribution in [0.5, 0.6) is 0 Å². The molecule has 0 saturated heterocycles. The highest BCUT2D eigenvalue weighted by Crippen LogP contribution is 2.22. The summed E-state index contributed by atoms with van der Waals surface area (Å²) in [4.78, 5) is 4.58. The maximum absolute atomic E-state index is 4.58. The number of pyridine rings is 1. The van der Waals surface area contributed by atoms with Gasteiger partial charge in [0.05, 0.1) is 6.04 Å². The lowest BCUT2D eigenvalue weighted by Gasteiger charge is -2.23. The summed E-state index contributed by atoms with van der Waals surface area (Å²) in [5.41, 5.74) is 10.8. The molecule has 2 heterocycles. The first-order chi connectivity index (χ1) is 8.90. The zero-order chi connectivity index (χ0) is 14.2. The van der Waals surface area contributed by atoms with Gasteiger partial charge in [-0.25, -0.2) is 0 Å². The molecule has 3 nitrogen and oxygen atoms in total. The Kier molecular flexibility index (Phi) is 3.65. The van der Waals surface area contributed by atoms with Gasteiger partial charge in [-0.1, -0.05) is 0 Å². The van der Waals surface area contributed by atoms with Gasteiger partial charge in [0.15, 0.2) is 0 Å². The number of aromatic nitrogens is 2. The average Bonchev–Trinajstić information content (AvgIpc) is 2.59. The summed E-state index contributed by atoms with van der Waals surface area (Å²) in [6.07, 6.45) is 0. The van der Waals surface area contributed by atoms with Crippen molar-refractivity contribution in [3.05, 3.63) is 52.1 Å². The number of aryl methyl sites for hydroxylation is 5. The van der Waals surface area contributed by atoms with E-state index in [0.717, 1.165) is 11.4 Å². The van der Waals surface area contributed by atoms with Crippen LogP contribution in [0.15, 0.2) is 18.2 Å². The van der Waals surface area contributed by atoms with Crippen molar-refractivity contribution in [3.8, 4) is 0 Å². The molecule has 19 heavy (non-hydrogen) atoms. The second-order valence-electron chi connectivity index (χ2n) is 5.38. The molecular formula is C16H23N3. The van der Waals surface area contributed by atoms with Gasteiger partial charge >= 0.3 is 0 Å². The van der Waals surface area contributed by atoms with E-state index in [9.17, 15) is 0 Å². The van der Waals surface area contributed by atoms with E-state index in [1.54, 1.807) is 0 Å². The summed E-state index contributed by atoms with van der Waals surface area (Å²) in [6, 6.07) is 6.64. The monoisotopic (exact) mass is 257 g/mol. The quantitative estimate of drug-likeness (QED) is 0.908. The molecule has 0 radical (unpaired) electrons. The highest BCUT2D eigenvalue weighted by atomic mass is 15.4. The van der Waals surface area contributed by atoms with Gasteiger partial charge in [-0.3, -0.25) is 9.66 Å². The fourth-order valence-electron chi connectivity index (χ4n) is 2.82. The molecule has 0 aliphatic carbocycles. The van der Waals surface area contributed by atoms with Crippen molar-refractivity contribution >= 4 is 0 Å². The predicted molar refractivity (Wildman–Crippen MR) is 80.1 cm³/mol. The zero-order valence-corrected chi connectivity index (χ0v) is 12.7. The molecule has 102 valence electrons. The second kappa shape index (κ2) is 5.08. The van der Waals surface area contributed by atoms with Crippen molar-refractivity contribution in [3.63, 3.8) is 0 Å². The molecule has 0 bridgehead atoms. The van der Waals surface area contributed by atoms with Crippen LogP contribution >= 0.6 is 0 Å². The third-order valence-corrected chi connectivity index (χ3v) is 3.61. The first kappa shape index (κ1) is 13.7. The van der Waals surface area contributed by atoms with E-state index in [-0.39, 0.29) is 6.04 Å². The van der Waals surface area contributed by atoms with Crippen LogP contribution < -0.4 is 5.43 Å². The fourth-order valence-corrected chi connectivity index (χ4v) is 2.82. The summed E-state index contributed by atoms with van der Waals surface area (Å²) in [6.45, 7) is 12.7. The molecule has 0 aliphatic heterocycles. The number of hydrogen-bond donors (Lipinski definition) is 1. The summed E-state index contributed by atoms with van der Waals surface area (Å²) < 4.78 is 2.14. The van der Waals surface area contributed by atoms with E-state index in [1.807, 2.05) is 6.92 Å². The van der Waals surface area contributed by atoms with Crippen LogP contribution in [0, 0.1) is 34.6 Å². The van der Waals surface area contributed by atoms with Gasteiger partial charge in [0.2, 0.25) is 0 Å². The maximum atomic E-state index is 4.58. The Bertz CT molecular complexity index is 554. The Morgan fingerprint density at radius 3 is 2.16 bits per heavy atom. The molecule has 1 N–H and O–H groups in total. The van der Waals surface area contributed by atoms with Crippen molar-refractivity contribution in [1.29, 1.82) is 0 Å². The van der Waals surface area contributed by atoms with Crippen molar-refractivity contribution in [2.45, 2.75) is 47.6 Å². The minimum absolute atomic E-state index is 0.234. The lowest BCUT2D eigenvalue weighted by Crippen LogP contribution is -2.22. The van der Waals surface area contributed by atoms with Crippen LogP contribution in [-0.2, 0) is 0 Å². The lowest BCUT2D eigenvalue weighted by atomic mass is 10.0. The molecule has 0 aromatic carbocycles. The van der Waals surface area contributed by atoms with Gasteiger partial charge in [0.25, 0.3) is 0 Å². The van der Waals surface area contributed by atoms with Crippen LogP contribution in [0.25, 0.3) is 0 Å². The molecule has 0 fully saturated rings. The van der Waals surface area contributed by atoms with E-state index in [2.05, 4.69) is 67.9 Å². The molecular weight excluding hydrogens is 234 g/mol. The summed E-state index contributed by atoms with van der Waals surface area (Å²) in [5.74, 6) is 0. The Morgan fingerprint density at radius 2 is 1.63 bits per heavy atom. The van der Waals surface area contributed by atoms with Gasteiger partial charge in [-0.15, -0.1) is 0 Å². The lowest BCUT2D eigenvalue weighted by molar-refractivity contribution is 0.688. The van der Waals surface area contributed by atoms with Gasteiger partial charge in [-0.05, 0) is 70.9 Å². The van der Waals surface area contributed by atoms with Gasteiger partial charge < -0.3 is 5.43 Å². The summed E-state index contributed by atoms with van der Waals surface area (Å²) >= 11 is 0. The van der Waals surface area contributed by atoms with E-state index < -0.39 is 0 Å². The van der Waals surface area contributed by atoms with Crippen LogP contribution in [0.4, 0.5) is 0 Å². The van der Waals surface area contributed by atoms with Crippen LogP contribution in [0.1, 0.15) is 46.9 Å². The van der Waals surface area contributed by atoms with Gasteiger partial charge in [0, 0.05) is 22.8 Å². The van der Waals surface area contributed by atoms with Crippen LogP contribution in [0.2, 0.25) is 0 Å². The van der Waals surface area contributed by atoms with E-state index >= 15 is 0 Å². The van der Waals surface area contributed by atoms with E-state index in [1.165, 1.54) is 22.5 Å². The zero-order valence-electron chi connectivity index (χ0n) is 12.7. The van der Waals surface area contributed by atoms with Crippen LogP contribution in [0.3, 0.4) is 0 Å². The molecule has 3 heteroatoms. The Morgan fingerprint density at radius 1 is 1.05 bits per heavy atom. The molecule has 2 aromatic heterocycles. The summed E-state index contributed by atoms with van der Waals surface area (Å²) in [7, 11) is 0. The third kappa shape index (κ3) is 2.65. The SMILES string of the molecule is Cc1cc(C)c(C(C)Nn2c(C)ccc2C)c(C)n1. The first-order valence-corrected chi connectivity index (χ1v) is 6.76. The molecule has 1 atom stereocenters. The number of rotatable bonds is 3. The predicted octanol–water partition coefficient (Wildman–Crippen LogP) is 3.73. The van der Waals surface area contributed by atoms with Crippen molar-refractivity contribution in [1.82, 2.24) is 9.66 Å². The largest absolute Gasteiger partial charge is 0.319 e. The number of nitrogens with one attached hydrogen (secondary N) is 1. The van der Waals surface area contributed by atoms with Gasteiger partial charge in [-0.2, -0.15) is 0 Å². The third-order valence-electron chi connectivity index (χ3n) is 3.61. The minimum Gasteiger partial charge on any atom is -0.319 e. The molecule has 0 aliphatic rings. The van der Waals surface area contributed by atoms with Crippen molar-refractivity contribution in [2.24, 2.45) is 0 Å². The normalized spacial score (nSPS) is 12.5. The minimum atomic E-state index is 0.234. The standard InChI is InChI=1S/C16H23N3/c1-10-9-11(2)17-14(5)16(10)15(6)18-19-12(3)7-8-13(19)4/h7-9,15,18H,1-6H3. The summed E-state index contributed by atoms with van der Waals surface area (Å²) in [5, 5.41) is 0. The smallest absolute Gasteiger partial charge is 0.0665 e. The van der Waals surface area contributed by atoms with E-state index in [0.29, 0.717) is 0 Å². The van der Waals surface area contributed by atoms with E-state index in [4.69, 9.17) is 0 Å². The van der Waals surface area contributed by atoms with Crippen molar-refractivity contribution < 1.29 is 0 Å². The molecule has 0 spiro atoms. The van der Waals surface area contributed by atoms with Crippen LogP contribution in [-0.4, -0.2) is 9.66 Å². The highest BCUT2D eigenvalue weighted by Gasteiger charge is 2.14. The Balaban J connectivity index is 2.33. The highest BCUT2D eigenvalue weighted by molar-refractivity contribution is 5.35. The molecule has 1 unspecified atom stereocenters. The number of nitrogens with zero attached hydrogens (tertiary/aromatic N) is 2. The molecule has 0 saturated carbocycles. The van der Waals surface area contributed by atoms with Crippen molar-refractivity contribution in [2.75, 3.05) is 5.43 Å². The average molecular weight is 257 g/mol. The first-order valence-electron chi connectivity index (χ1n) is 6.76. The van der Waals surface area contributed by atoms with Gasteiger partial charge in [0.1, 0.15) is 0 Å². The Hall–Kier alpha value is -1.77. The Labute approximate surface area is 115 Å². The second-order valence-corrected chi connectivity index (χ2v) is 5.38. The molecule has 2 rings (SSSR count). The topological polar surface area (TPSA) is 29.9 Å².